The molecular weight excluding hydrogens is 318 g/mol. The van der Waals surface area contributed by atoms with Gasteiger partial charge in [0.05, 0.1) is 12.2 Å². The van der Waals surface area contributed by atoms with Crippen molar-refractivity contribution in [3.63, 3.8) is 0 Å². The van der Waals surface area contributed by atoms with Crippen LogP contribution >= 0.6 is 11.5 Å². The van der Waals surface area contributed by atoms with Crippen LogP contribution in [0.15, 0.2) is 16.7 Å². The van der Waals surface area contributed by atoms with Crippen LogP contribution in [-0.4, -0.2) is 63.8 Å². The van der Waals surface area contributed by atoms with Gasteiger partial charge < -0.3 is 14.5 Å². The molecule has 2 aliphatic rings. The minimum atomic E-state index is -0.343. The van der Waals surface area contributed by atoms with Crippen LogP contribution in [0.25, 0.3) is 10.8 Å². The lowest BCUT2D eigenvalue weighted by atomic mass is 10.2. The summed E-state index contributed by atoms with van der Waals surface area (Å²) in [7, 11) is 0. The van der Waals surface area contributed by atoms with Gasteiger partial charge in [-0.15, -0.1) is 10.2 Å². The number of amides is 1. The third-order valence-electron chi connectivity index (χ3n) is 4.10. The molecular formula is C14H17N5O3S. The topological polar surface area (TPSA) is 93.4 Å². The van der Waals surface area contributed by atoms with Gasteiger partial charge in [0, 0.05) is 32.4 Å². The van der Waals surface area contributed by atoms with Crippen LogP contribution in [-0.2, 0) is 4.74 Å². The molecule has 2 aromatic rings. The van der Waals surface area contributed by atoms with Crippen LogP contribution in [0.1, 0.15) is 23.5 Å². The molecule has 2 unspecified atom stereocenters. The van der Waals surface area contributed by atoms with E-state index in [9.17, 15) is 4.79 Å². The molecule has 2 aromatic heterocycles. The summed E-state index contributed by atoms with van der Waals surface area (Å²) >= 11 is 1.25. The van der Waals surface area contributed by atoms with Gasteiger partial charge in [0.15, 0.2) is 0 Å². The van der Waals surface area contributed by atoms with Crippen molar-refractivity contribution in [2.45, 2.75) is 25.0 Å². The summed E-state index contributed by atoms with van der Waals surface area (Å²) < 4.78 is 15.1. The lowest BCUT2D eigenvalue weighted by Gasteiger charge is -2.31. The van der Waals surface area contributed by atoms with Crippen molar-refractivity contribution in [1.29, 1.82) is 0 Å². The van der Waals surface area contributed by atoms with E-state index in [1.165, 1.54) is 11.5 Å². The van der Waals surface area contributed by atoms with Gasteiger partial charge in [-0.05, 0) is 30.4 Å². The maximum Gasteiger partial charge on any atom is 0.308 e. The Bertz CT molecular complexity index is 662. The first kappa shape index (κ1) is 14.7. The quantitative estimate of drug-likeness (QED) is 0.863. The van der Waals surface area contributed by atoms with E-state index in [4.69, 9.17) is 9.15 Å². The first-order valence-corrected chi connectivity index (χ1v) is 8.46. The normalized spacial score (nSPS) is 24.0. The largest absolute Gasteiger partial charge is 0.411 e. The zero-order valence-corrected chi connectivity index (χ0v) is 13.3. The number of carbonyl (C=O) groups is 1. The number of hydrogen-bond donors (Lipinski definition) is 1. The maximum atomic E-state index is 12.0. The molecule has 0 radical (unpaired) electrons. The van der Waals surface area contributed by atoms with E-state index in [1.54, 1.807) is 12.3 Å². The minimum Gasteiger partial charge on any atom is -0.411 e. The number of morpholine rings is 1. The number of rotatable bonds is 5. The van der Waals surface area contributed by atoms with E-state index in [0.717, 1.165) is 37.4 Å². The van der Waals surface area contributed by atoms with Crippen LogP contribution in [0.4, 0.5) is 0 Å². The van der Waals surface area contributed by atoms with Crippen LogP contribution in [0.2, 0.25) is 0 Å². The Morgan fingerprint density at radius 1 is 1.35 bits per heavy atom. The van der Waals surface area contributed by atoms with E-state index >= 15 is 0 Å². The standard InChI is InChI=1S/C14H17N5O3S/c20-12(14-18-17-13(22-14)11-3-4-16-23-11)15-5-6-19-7-9-1-2-10(8-19)21-9/h3-4,9-10H,1-2,5-8H2,(H,15,20). The number of fused-ring (bicyclic) bond motifs is 2. The van der Waals surface area contributed by atoms with E-state index in [2.05, 4.69) is 24.8 Å². The smallest absolute Gasteiger partial charge is 0.308 e. The molecule has 23 heavy (non-hydrogen) atoms. The molecule has 2 bridgehead atoms. The van der Waals surface area contributed by atoms with Crippen LogP contribution < -0.4 is 5.32 Å². The van der Waals surface area contributed by atoms with Crippen LogP contribution in [0.5, 0.6) is 0 Å². The van der Waals surface area contributed by atoms with Gasteiger partial charge >= 0.3 is 11.8 Å². The third-order valence-corrected chi connectivity index (χ3v) is 4.84. The zero-order valence-electron chi connectivity index (χ0n) is 12.5. The number of hydrogen-bond acceptors (Lipinski definition) is 8. The van der Waals surface area contributed by atoms with E-state index < -0.39 is 0 Å². The van der Waals surface area contributed by atoms with Crippen molar-refractivity contribution in [1.82, 2.24) is 24.8 Å². The summed E-state index contributed by atoms with van der Waals surface area (Å²) in [5.41, 5.74) is 0. The number of likely N-dealkylation sites (tertiary alicyclic amines) is 1. The van der Waals surface area contributed by atoms with Crippen LogP contribution in [0.3, 0.4) is 0 Å². The minimum absolute atomic E-state index is 0.0181. The molecule has 2 atom stereocenters. The SMILES string of the molecule is O=C(NCCN1CC2CCC(C1)O2)c1nnc(-c2ccns2)o1. The molecule has 1 N–H and O–H groups in total. The summed E-state index contributed by atoms with van der Waals surface area (Å²) in [5.74, 6) is -0.0395. The molecule has 122 valence electrons. The summed E-state index contributed by atoms with van der Waals surface area (Å²) in [5, 5.41) is 10.5. The molecule has 4 heterocycles. The predicted octanol–water partition coefficient (Wildman–Crippen LogP) is 0.786. The molecule has 0 aromatic carbocycles. The van der Waals surface area contributed by atoms with Crippen molar-refractivity contribution >= 4 is 17.4 Å². The first-order chi connectivity index (χ1) is 11.3. The van der Waals surface area contributed by atoms with Crippen molar-refractivity contribution < 1.29 is 13.9 Å². The fourth-order valence-corrected chi connectivity index (χ4v) is 3.54. The summed E-state index contributed by atoms with van der Waals surface area (Å²) in [6.07, 6.45) is 4.68. The Morgan fingerprint density at radius 2 is 2.17 bits per heavy atom. The highest BCUT2D eigenvalue weighted by Gasteiger charge is 2.33. The van der Waals surface area contributed by atoms with Crippen molar-refractivity contribution in [2.24, 2.45) is 0 Å². The fourth-order valence-electron chi connectivity index (χ4n) is 3.03. The average molecular weight is 335 g/mol. The predicted molar refractivity (Wildman–Crippen MR) is 82.1 cm³/mol. The Morgan fingerprint density at radius 3 is 2.91 bits per heavy atom. The fraction of sp³-hybridized carbons (Fsp3) is 0.571. The van der Waals surface area contributed by atoms with E-state index in [1.807, 2.05) is 0 Å². The number of nitrogens with one attached hydrogen (secondary N) is 1. The Labute approximate surface area is 137 Å². The Hall–Kier alpha value is -1.84. The second-order valence-corrected chi connectivity index (χ2v) is 6.60. The van der Waals surface area contributed by atoms with Gasteiger partial charge in [0.25, 0.3) is 5.89 Å². The number of carbonyl (C=O) groups excluding carboxylic acids is 1. The molecule has 1 amide bonds. The van der Waals surface area contributed by atoms with Gasteiger partial charge in [0.1, 0.15) is 4.88 Å². The highest BCUT2D eigenvalue weighted by molar-refractivity contribution is 7.09. The van der Waals surface area contributed by atoms with Gasteiger partial charge in [0.2, 0.25) is 0 Å². The lowest BCUT2D eigenvalue weighted by Crippen LogP contribution is -2.45. The molecule has 2 saturated heterocycles. The number of aromatic nitrogens is 3. The second kappa shape index (κ2) is 6.34. The average Bonchev–Trinajstić information content (AvgIpc) is 3.27. The summed E-state index contributed by atoms with van der Waals surface area (Å²) in [4.78, 5) is 15.1. The molecule has 2 aliphatic heterocycles. The highest BCUT2D eigenvalue weighted by atomic mass is 32.1. The molecule has 4 rings (SSSR count). The molecule has 8 nitrogen and oxygen atoms in total. The zero-order chi connectivity index (χ0) is 15.6. The van der Waals surface area contributed by atoms with Gasteiger partial charge in [-0.3, -0.25) is 9.69 Å². The Kier molecular flexibility index (Phi) is 4.06. The molecule has 9 heteroatoms. The van der Waals surface area contributed by atoms with Crippen molar-refractivity contribution in [3.05, 3.63) is 18.2 Å². The molecule has 0 spiro atoms. The maximum absolute atomic E-state index is 12.0. The summed E-state index contributed by atoms with van der Waals surface area (Å²) in [6, 6.07) is 1.77. The monoisotopic (exact) mass is 335 g/mol. The molecule has 0 aliphatic carbocycles. The summed E-state index contributed by atoms with van der Waals surface area (Å²) in [6.45, 7) is 3.25. The third kappa shape index (κ3) is 3.26. The highest BCUT2D eigenvalue weighted by Crippen LogP contribution is 2.25. The van der Waals surface area contributed by atoms with Gasteiger partial charge in [-0.25, -0.2) is 4.37 Å². The van der Waals surface area contributed by atoms with Crippen LogP contribution in [0, 0.1) is 0 Å². The number of ether oxygens (including phenoxy) is 1. The van der Waals surface area contributed by atoms with E-state index in [0.29, 0.717) is 24.6 Å². The number of nitrogens with zero attached hydrogens (tertiary/aromatic N) is 4. The molecule has 2 fully saturated rings. The van der Waals surface area contributed by atoms with Crippen molar-refractivity contribution in [2.75, 3.05) is 26.2 Å². The van der Waals surface area contributed by atoms with Crippen molar-refractivity contribution in [3.8, 4) is 10.8 Å². The van der Waals surface area contributed by atoms with Gasteiger partial charge in [-0.2, -0.15) is 0 Å². The molecule has 0 saturated carbocycles. The van der Waals surface area contributed by atoms with Gasteiger partial charge in [-0.1, -0.05) is 0 Å². The van der Waals surface area contributed by atoms with E-state index in [-0.39, 0.29) is 11.8 Å². The Balaban J connectivity index is 1.27. The second-order valence-electron chi connectivity index (χ2n) is 5.76. The lowest BCUT2D eigenvalue weighted by molar-refractivity contribution is -0.0375. The first-order valence-electron chi connectivity index (χ1n) is 7.68.